The van der Waals surface area contributed by atoms with Crippen molar-refractivity contribution in [3.8, 4) is 0 Å². The van der Waals surface area contributed by atoms with Crippen LogP contribution in [0.25, 0.3) is 11.0 Å². The third kappa shape index (κ3) is 3.59. The van der Waals surface area contributed by atoms with Gasteiger partial charge in [-0.05, 0) is 18.2 Å². The zero-order valence-electron chi connectivity index (χ0n) is 15.3. The summed E-state index contributed by atoms with van der Waals surface area (Å²) >= 11 is 0. The lowest BCUT2D eigenvalue weighted by atomic mass is 10.0. The maximum absolute atomic E-state index is 8.66. The molecule has 4 rings (SSSR count). The Morgan fingerprint density at radius 2 is 2.00 bits per heavy atom. The summed E-state index contributed by atoms with van der Waals surface area (Å²) in [5, 5.41) is 16.3. The van der Waals surface area contributed by atoms with E-state index in [9.17, 15) is 0 Å². The first-order chi connectivity index (χ1) is 13.6. The fraction of sp³-hybridized carbons (Fsp3) is 0.333. The molecule has 6 N–H and O–H groups in total. The van der Waals surface area contributed by atoms with Gasteiger partial charge in [-0.1, -0.05) is 5.16 Å². The highest BCUT2D eigenvalue weighted by atomic mass is 16.5. The first-order valence-corrected chi connectivity index (χ1v) is 9.02. The first kappa shape index (κ1) is 18.1. The van der Waals surface area contributed by atoms with Gasteiger partial charge >= 0.3 is 0 Å². The lowest BCUT2D eigenvalue weighted by molar-refractivity contribution is 0.0398. The molecule has 3 heterocycles. The summed E-state index contributed by atoms with van der Waals surface area (Å²) < 4.78 is 10.5. The maximum atomic E-state index is 8.66. The second-order valence-electron chi connectivity index (χ2n) is 6.52. The average Bonchev–Trinajstić information content (AvgIpc) is 3.09. The average molecular weight is 382 g/mol. The molecule has 1 aromatic carbocycles. The molecule has 0 amide bonds. The largest absolute Gasteiger partial charge is 0.383 e. The Kier molecular flexibility index (Phi) is 5.04. The fourth-order valence-electron chi connectivity index (χ4n) is 3.19. The molecule has 1 saturated heterocycles. The minimum absolute atomic E-state index is 0.203. The zero-order valence-corrected chi connectivity index (χ0v) is 15.3. The number of nitrogens with two attached hydrogens (primary N) is 2. The van der Waals surface area contributed by atoms with Gasteiger partial charge in [0.05, 0.1) is 29.9 Å². The highest BCUT2D eigenvalue weighted by Crippen LogP contribution is 2.26. The van der Waals surface area contributed by atoms with Gasteiger partial charge in [0, 0.05) is 31.7 Å². The molecule has 0 aliphatic carbocycles. The van der Waals surface area contributed by atoms with Crippen LogP contribution in [0.5, 0.6) is 0 Å². The van der Waals surface area contributed by atoms with E-state index in [0.29, 0.717) is 34.5 Å². The number of hydrogen-bond acceptors (Lipinski definition) is 10. The minimum Gasteiger partial charge on any atom is -0.383 e. The summed E-state index contributed by atoms with van der Waals surface area (Å²) in [5.41, 5.74) is 13.8. The normalized spacial score (nSPS) is 15.0. The Bertz CT molecular complexity index is 996. The Balaban J connectivity index is 1.55. The molecule has 1 aliphatic heterocycles. The Morgan fingerprint density at radius 1 is 1.18 bits per heavy atom. The van der Waals surface area contributed by atoms with Crippen molar-refractivity contribution in [3.05, 3.63) is 35.7 Å². The molecular formula is C18H22N8O2. The van der Waals surface area contributed by atoms with Gasteiger partial charge in [-0.3, -0.25) is 10.3 Å². The molecule has 1 fully saturated rings. The van der Waals surface area contributed by atoms with Crippen molar-refractivity contribution in [3.63, 3.8) is 0 Å². The molecule has 10 nitrogen and oxygen atoms in total. The van der Waals surface area contributed by atoms with Crippen LogP contribution in [0.2, 0.25) is 0 Å². The third-order valence-electron chi connectivity index (χ3n) is 4.74. The van der Waals surface area contributed by atoms with Gasteiger partial charge in [0.2, 0.25) is 0 Å². The molecule has 146 valence electrons. The van der Waals surface area contributed by atoms with Gasteiger partial charge in [0.15, 0.2) is 11.4 Å². The quantitative estimate of drug-likeness (QED) is 0.456. The van der Waals surface area contributed by atoms with Crippen molar-refractivity contribution in [1.82, 2.24) is 20.0 Å². The summed E-state index contributed by atoms with van der Waals surface area (Å²) in [6, 6.07) is 5.25. The molecule has 0 spiro atoms. The number of nitrogen functional groups attached to an aromatic ring is 2. The number of morpholine rings is 1. The number of nitrogens with zero attached hydrogens (tertiary/aromatic N) is 4. The standard InChI is InChI=1S/C18H22N8O2/c19-15(11-1-2-13-12(9-11)16(20)25-28-13)14-17(21)23-10-24-18(14)22-3-4-26-5-7-27-8-6-26/h1-2,9-10,19H,3-8H2,(H2,20,25)(H3,21,22,23,24). The Morgan fingerprint density at radius 3 is 2.82 bits per heavy atom. The van der Waals surface area contributed by atoms with Gasteiger partial charge in [-0.25, -0.2) is 9.97 Å². The molecule has 0 radical (unpaired) electrons. The van der Waals surface area contributed by atoms with E-state index in [1.54, 1.807) is 18.2 Å². The first-order valence-electron chi connectivity index (χ1n) is 9.02. The van der Waals surface area contributed by atoms with Crippen LogP contribution in [-0.2, 0) is 4.74 Å². The topological polar surface area (TPSA) is 152 Å². The van der Waals surface area contributed by atoms with Crippen molar-refractivity contribution in [1.29, 1.82) is 5.41 Å². The second kappa shape index (κ2) is 7.79. The Labute approximate surface area is 161 Å². The number of ether oxygens (including phenoxy) is 1. The molecule has 28 heavy (non-hydrogen) atoms. The van der Waals surface area contributed by atoms with Gasteiger partial charge in [-0.2, -0.15) is 0 Å². The number of anilines is 3. The van der Waals surface area contributed by atoms with Crippen molar-refractivity contribution in [2.45, 2.75) is 0 Å². The van der Waals surface area contributed by atoms with E-state index in [2.05, 4.69) is 25.3 Å². The number of hydrogen-bond donors (Lipinski definition) is 4. The molecule has 2 aromatic heterocycles. The number of fused-ring (bicyclic) bond motifs is 1. The molecule has 10 heteroatoms. The lowest BCUT2D eigenvalue weighted by Crippen LogP contribution is -2.39. The molecule has 1 aliphatic rings. The smallest absolute Gasteiger partial charge is 0.174 e. The van der Waals surface area contributed by atoms with Crippen molar-refractivity contribution < 1.29 is 9.26 Å². The van der Waals surface area contributed by atoms with E-state index < -0.39 is 0 Å². The molecule has 3 aromatic rings. The van der Waals surface area contributed by atoms with E-state index in [1.165, 1.54) is 6.33 Å². The van der Waals surface area contributed by atoms with E-state index in [1.807, 2.05) is 0 Å². The zero-order chi connectivity index (χ0) is 19.5. The van der Waals surface area contributed by atoms with Crippen molar-refractivity contribution in [2.24, 2.45) is 0 Å². The number of rotatable bonds is 6. The maximum Gasteiger partial charge on any atom is 0.174 e. The van der Waals surface area contributed by atoms with Gasteiger partial charge in [0.1, 0.15) is 18.0 Å². The third-order valence-corrected chi connectivity index (χ3v) is 4.74. The molecule has 0 bridgehead atoms. The van der Waals surface area contributed by atoms with Crippen LogP contribution in [-0.4, -0.2) is 65.1 Å². The van der Waals surface area contributed by atoms with Crippen LogP contribution >= 0.6 is 0 Å². The molecular weight excluding hydrogens is 360 g/mol. The van der Waals surface area contributed by atoms with Gasteiger partial charge < -0.3 is 26.0 Å². The lowest BCUT2D eigenvalue weighted by Gasteiger charge is -2.26. The highest BCUT2D eigenvalue weighted by Gasteiger charge is 2.18. The summed E-state index contributed by atoms with van der Waals surface area (Å²) in [6.07, 6.45) is 1.39. The minimum atomic E-state index is 0.203. The molecule has 0 unspecified atom stereocenters. The highest BCUT2D eigenvalue weighted by molar-refractivity contribution is 6.17. The molecule has 0 atom stereocenters. The van der Waals surface area contributed by atoms with Crippen LogP contribution < -0.4 is 16.8 Å². The van der Waals surface area contributed by atoms with E-state index in [4.69, 9.17) is 26.1 Å². The summed E-state index contributed by atoms with van der Waals surface area (Å²) in [7, 11) is 0. The van der Waals surface area contributed by atoms with Crippen molar-refractivity contribution >= 4 is 34.1 Å². The van der Waals surface area contributed by atoms with Crippen LogP contribution in [0.3, 0.4) is 0 Å². The van der Waals surface area contributed by atoms with Crippen LogP contribution in [0.4, 0.5) is 17.5 Å². The van der Waals surface area contributed by atoms with Gasteiger partial charge in [-0.15, -0.1) is 0 Å². The molecule has 0 saturated carbocycles. The summed E-state index contributed by atoms with van der Waals surface area (Å²) in [4.78, 5) is 10.7. The SMILES string of the molecule is N=C(c1ccc2onc(N)c2c1)c1c(N)ncnc1NCCN1CCOCC1. The van der Waals surface area contributed by atoms with Crippen LogP contribution in [0, 0.1) is 5.41 Å². The van der Waals surface area contributed by atoms with Gasteiger partial charge in [0.25, 0.3) is 0 Å². The van der Waals surface area contributed by atoms with Crippen LogP contribution in [0.1, 0.15) is 11.1 Å². The Hall–Kier alpha value is -3.24. The van der Waals surface area contributed by atoms with E-state index in [0.717, 1.165) is 32.8 Å². The van der Waals surface area contributed by atoms with Crippen molar-refractivity contribution in [2.75, 3.05) is 56.2 Å². The number of benzene rings is 1. The summed E-state index contributed by atoms with van der Waals surface area (Å²) in [5.74, 6) is 1.06. The number of aromatic nitrogens is 3. The van der Waals surface area contributed by atoms with E-state index in [-0.39, 0.29) is 17.3 Å². The second-order valence-corrected chi connectivity index (χ2v) is 6.52. The van der Waals surface area contributed by atoms with E-state index >= 15 is 0 Å². The van der Waals surface area contributed by atoms with Crippen LogP contribution in [0.15, 0.2) is 29.0 Å². The summed E-state index contributed by atoms with van der Waals surface area (Å²) in [6.45, 7) is 4.86. The monoisotopic (exact) mass is 382 g/mol. The predicted octanol–water partition coefficient (Wildman–Crippen LogP) is 0.942. The fourth-order valence-corrected chi connectivity index (χ4v) is 3.19. The number of nitrogens with one attached hydrogen (secondary N) is 2. The predicted molar refractivity (Wildman–Crippen MR) is 107 cm³/mol.